The molecule has 4 atom stereocenters. The maximum Gasteiger partial charge on any atom is 0.261 e. The summed E-state index contributed by atoms with van der Waals surface area (Å²) < 4.78 is 24.3. The van der Waals surface area contributed by atoms with Gasteiger partial charge in [0.2, 0.25) is 11.8 Å². The summed E-state index contributed by atoms with van der Waals surface area (Å²) in [5.41, 5.74) is 13.4. The molecule has 63 heavy (non-hydrogen) atoms. The van der Waals surface area contributed by atoms with Crippen molar-refractivity contribution in [1.29, 1.82) is 0 Å². The van der Waals surface area contributed by atoms with Crippen molar-refractivity contribution in [2.45, 2.75) is 64.1 Å². The number of fused-ring (bicyclic) bond motifs is 8. The smallest absolute Gasteiger partial charge is 0.261 e. The minimum Gasteiger partial charge on any atom is -0.493 e. The summed E-state index contributed by atoms with van der Waals surface area (Å²) in [6.45, 7) is 3.73. The number of rotatable bonds is 12. The normalized spacial score (nSPS) is 17.6. The maximum absolute atomic E-state index is 14.0. The number of amides is 4. The molecule has 0 radical (unpaired) electrons. The van der Waals surface area contributed by atoms with Gasteiger partial charge in [-0.2, -0.15) is 0 Å². The fourth-order valence-corrected chi connectivity index (χ4v) is 8.59. The lowest BCUT2D eigenvalue weighted by molar-refractivity contribution is -0.126. The molecule has 0 bridgehead atoms. The van der Waals surface area contributed by atoms with Crippen molar-refractivity contribution in [3.8, 4) is 23.0 Å². The molecule has 4 amide bonds. The Morgan fingerprint density at radius 2 is 1.37 bits per heavy atom. The number of hydrogen-bond donors (Lipinski definition) is 4. The summed E-state index contributed by atoms with van der Waals surface area (Å²) >= 11 is 0. The first kappa shape index (κ1) is 41.0. The van der Waals surface area contributed by atoms with Gasteiger partial charge in [0.05, 0.1) is 54.8 Å². The van der Waals surface area contributed by atoms with Crippen LogP contribution in [0.15, 0.2) is 96.0 Å². The molecule has 0 aliphatic carbocycles. The third-order valence-corrected chi connectivity index (χ3v) is 11.8. The first-order chi connectivity index (χ1) is 30.5. The lowest BCUT2D eigenvalue weighted by atomic mass is 10.1. The Bertz CT molecular complexity index is 2700. The van der Waals surface area contributed by atoms with Crippen LogP contribution in [0.2, 0.25) is 0 Å². The molecule has 4 aliphatic heterocycles. The van der Waals surface area contributed by atoms with Gasteiger partial charge in [-0.25, -0.2) is 0 Å². The van der Waals surface area contributed by atoms with Crippen LogP contribution in [-0.4, -0.2) is 74.8 Å². The number of hydrogen-bond acceptors (Lipinski definition) is 11. The molecule has 0 aromatic heterocycles. The number of aliphatic imine (C=N–C) groups is 1. The average molecular weight is 850 g/mol. The van der Waals surface area contributed by atoms with Gasteiger partial charge < -0.3 is 45.5 Å². The van der Waals surface area contributed by atoms with Crippen LogP contribution in [0.5, 0.6) is 23.0 Å². The Labute approximate surface area is 364 Å². The van der Waals surface area contributed by atoms with E-state index in [0.29, 0.717) is 75.3 Å². The van der Waals surface area contributed by atoms with E-state index in [1.54, 1.807) is 54.4 Å². The van der Waals surface area contributed by atoms with Gasteiger partial charge in [-0.1, -0.05) is 36.4 Å². The average Bonchev–Trinajstić information content (AvgIpc) is 3.78. The minimum absolute atomic E-state index is 0.0254. The van der Waals surface area contributed by atoms with Crippen LogP contribution in [0.25, 0.3) is 0 Å². The van der Waals surface area contributed by atoms with Crippen molar-refractivity contribution >= 4 is 58.3 Å². The number of para-hydroxylation sites is 2. The third kappa shape index (κ3) is 7.87. The molecule has 322 valence electrons. The SMILES string of the molecule is COc1cc2c(cc1OCc1cc(COc3cc4c(cc3OC)C(=O)N3c5ccccc5C[C@H]3CN4)cc(NC(=O)[C@H](C)NC(=O)[C@H](C)N)c1)N=C[C@@H]1Cc3ccccc3N1C2=O. The Kier molecular flexibility index (Phi) is 10.9. The van der Waals surface area contributed by atoms with Crippen molar-refractivity contribution in [1.82, 2.24) is 5.32 Å². The van der Waals surface area contributed by atoms with Crippen molar-refractivity contribution in [3.63, 3.8) is 0 Å². The number of nitrogens with one attached hydrogen (secondary N) is 3. The Morgan fingerprint density at radius 1 is 0.762 bits per heavy atom. The molecular formula is C48H47N7O8. The summed E-state index contributed by atoms with van der Waals surface area (Å²) in [7, 11) is 3.03. The molecule has 0 saturated carbocycles. The summed E-state index contributed by atoms with van der Waals surface area (Å²) in [6, 6.07) is 26.1. The van der Waals surface area contributed by atoms with E-state index in [4.69, 9.17) is 29.7 Å². The molecular weight excluding hydrogens is 803 g/mol. The first-order valence-electron chi connectivity index (χ1n) is 20.8. The molecule has 5 N–H and O–H groups in total. The van der Waals surface area contributed by atoms with E-state index in [2.05, 4.69) is 22.0 Å². The molecule has 15 nitrogen and oxygen atoms in total. The Morgan fingerprint density at radius 3 is 2.03 bits per heavy atom. The zero-order valence-corrected chi connectivity index (χ0v) is 35.3. The van der Waals surface area contributed by atoms with Gasteiger partial charge in [0.15, 0.2) is 23.0 Å². The van der Waals surface area contributed by atoms with Gasteiger partial charge in [-0.05, 0) is 85.0 Å². The van der Waals surface area contributed by atoms with Crippen LogP contribution < -0.4 is 50.4 Å². The van der Waals surface area contributed by atoms with E-state index in [1.807, 2.05) is 53.4 Å². The highest BCUT2D eigenvalue weighted by molar-refractivity contribution is 6.15. The largest absolute Gasteiger partial charge is 0.493 e. The fourth-order valence-electron chi connectivity index (χ4n) is 8.59. The number of methoxy groups -OCH3 is 2. The quantitative estimate of drug-likeness (QED) is 0.117. The molecule has 0 saturated heterocycles. The van der Waals surface area contributed by atoms with Crippen molar-refractivity contribution in [2.24, 2.45) is 10.7 Å². The molecule has 5 aromatic carbocycles. The lowest BCUT2D eigenvalue weighted by Crippen LogP contribution is -2.47. The topological polar surface area (TPSA) is 186 Å². The molecule has 15 heteroatoms. The standard InChI is InChI=1S/C48H47N7O8/c1-26(49)45(56)52-27(2)46(57)53-32-14-28(24-62-43-20-37-35(18-41(43)60-3)47(58)54-33(22-50-37)16-30-9-5-7-11-39(30)54)13-29(15-32)25-63-44-21-38-36(19-42(44)61-4)48(59)55-34(23-51-38)17-31-10-6-8-12-40(31)55/h5-15,18-22,26-27,33-34,51H,16-17,23-25,49H2,1-4H3,(H,52,56)(H,53,57)/t26-,27-,33-,34-/m0/s1. The highest BCUT2D eigenvalue weighted by Gasteiger charge is 2.39. The number of carbonyl (C=O) groups excluding carboxylic acids is 4. The zero-order valence-electron chi connectivity index (χ0n) is 35.3. The van der Waals surface area contributed by atoms with Crippen LogP contribution >= 0.6 is 0 Å². The second kappa shape index (κ2) is 16.8. The lowest BCUT2D eigenvalue weighted by Gasteiger charge is -2.22. The number of carbonyl (C=O) groups is 4. The molecule has 4 aliphatic rings. The number of nitrogens with two attached hydrogens (primary N) is 1. The van der Waals surface area contributed by atoms with Crippen LogP contribution in [0.3, 0.4) is 0 Å². The van der Waals surface area contributed by atoms with Gasteiger partial charge in [-0.15, -0.1) is 0 Å². The van der Waals surface area contributed by atoms with Crippen LogP contribution in [-0.2, 0) is 35.6 Å². The van der Waals surface area contributed by atoms with E-state index in [0.717, 1.165) is 28.9 Å². The number of nitrogens with zero attached hydrogens (tertiary/aromatic N) is 3. The highest BCUT2D eigenvalue weighted by atomic mass is 16.5. The second-order valence-corrected chi connectivity index (χ2v) is 16.1. The predicted octanol–water partition coefficient (Wildman–Crippen LogP) is 5.94. The summed E-state index contributed by atoms with van der Waals surface area (Å²) in [4.78, 5) is 62.0. The first-order valence-corrected chi connectivity index (χ1v) is 20.8. The molecule has 5 aromatic rings. The van der Waals surface area contributed by atoms with Crippen LogP contribution in [0.1, 0.15) is 56.8 Å². The summed E-state index contributed by atoms with van der Waals surface area (Å²) in [5.74, 6) is 0.279. The van der Waals surface area contributed by atoms with E-state index in [1.165, 1.54) is 21.1 Å². The molecule has 0 unspecified atom stereocenters. The van der Waals surface area contributed by atoms with Crippen LogP contribution in [0, 0.1) is 0 Å². The van der Waals surface area contributed by atoms with Crippen molar-refractivity contribution in [2.75, 3.05) is 41.2 Å². The maximum atomic E-state index is 14.0. The number of anilines is 4. The van der Waals surface area contributed by atoms with E-state index >= 15 is 0 Å². The molecule has 9 rings (SSSR count). The molecule has 0 fully saturated rings. The highest BCUT2D eigenvalue weighted by Crippen LogP contribution is 2.43. The second-order valence-electron chi connectivity index (χ2n) is 16.1. The Hall–Kier alpha value is -7.39. The van der Waals surface area contributed by atoms with Crippen LogP contribution in [0.4, 0.5) is 28.4 Å². The summed E-state index contributed by atoms with van der Waals surface area (Å²) in [5, 5.41) is 8.98. The van der Waals surface area contributed by atoms with E-state index in [9.17, 15) is 19.2 Å². The zero-order chi connectivity index (χ0) is 43.9. The van der Waals surface area contributed by atoms with Gasteiger partial charge in [-0.3, -0.25) is 29.1 Å². The van der Waals surface area contributed by atoms with Gasteiger partial charge in [0.1, 0.15) is 19.3 Å². The third-order valence-electron chi connectivity index (χ3n) is 11.8. The van der Waals surface area contributed by atoms with Crippen molar-refractivity contribution in [3.05, 3.63) is 124 Å². The predicted molar refractivity (Wildman–Crippen MR) is 239 cm³/mol. The minimum atomic E-state index is -0.886. The molecule has 4 heterocycles. The number of benzene rings is 5. The summed E-state index contributed by atoms with van der Waals surface area (Å²) in [6.07, 6.45) is 3.22. The van der Waals surface area contributed by atoms with Gasteiger partial charge >= 0.3 is 0 Å². The number of ether oxygens (including phenoxy) is 4. The van der Waals surface area contributed by atoms with E-state index in [-0.39, 0.29) is 37.1 Å². The molecule has 0 spiro atoms. The Balaban J connectivity index is 0.977. The monoisotopic (exact) mass is 849 g/mol. The van der Waals surface area contributed by atoms with Gasteiger partial charge in [0.25, 0.3) is 11.8 Å². The van der Waals surface area contributed by atoms with Crippen molar-refractivity contribution < 1.29 is 38.1 Å². The van der Waals surface area contributed by atoms with E-state index < -0.39 is 23.9 Å². The van der Waals surface area contributed by atoms with Gasteiger partial charge in [0, 0.05) is 48.4 Å². The fraction of sp³-hybridized carbons (Fsp3) is 0.271.